The summed E-state index contributed by atoms with van der Waals surface area (Å²) in [5, 5.41) is 9.51. The van der Waals surface area contributed by atoms with E-state index in [2.05, 4.69) is 4.98 Å². The minimum Gasteiger partial charge on any atom is -0.478 e. The second-order valence-corrected chi connectivity index (χ2v) is 10.4. The molecular weight excluding hydrogens is 521 g/mol. The predicted molar refractivity (Wildman–Crippen MR) is 154 cm³/mol. The average molecular weight is 552 g/mol. The lowest BCUT2D eigenvalue weighted by Crippen LogP contribution is -2.17. The molecule has 208 valence electrons. The van der Waals surface area contributed by atoms with Gasteiger partial charge >= 0.3 is 5.97 Å². The molecule has 3 heterocycles. The zero-order valence-corrected chi connectivity index (χ0v) is 22.7. The molecule has 3 aromatic carbocycles. The van der Waals surface area contributed by atoms with E-state index in [9.17, 15) is 9.90 Å². The topological polar surface area (TPSA) is 86.5 Å². The number of carbonyl (C=O) groups is 1. The van der Waals surface area contributed by atoms with Gasteiger partial charge in [0.25, 0.3) is 0 Å². The van der Waals surface area contributed by atoms with Crippen LogP contribution in [0.15, 0.2) is 78.9 Å². The molecule has 0 bridgehead atoms. The maximum atomic E-state index is 15.5. The number of hydrogen-bond acceptors (Lipinski definition) is 5. The van der Waals surface area contributed by atoms with Gasteiger partial charge in [0.05, 0.1) is 34.9 Å². The third-order valence-electron chi connectivity index (χ3n) is 7.41. The SMILES string of the molecule is Cc1ccc(COc2cccc(-c3ccc(Cc4nc5ccc(C(=O)O)cc5n4CC4CCCO4)c(F)c3)n2)cc1. The Kier molecular flexibility index (Phi) is 7.48. The van der Waals surface area contributed by atoms with Gasteiger partial charge in [-0.25, -0.2) is 19.2 Å². The summed E-state index contributed by atoms with van der Waals surface area (Å²) in [4.78, 5) is 20.9. The summed E-state index contributed by atoms with van der Waals surface area (Å²) < 4.78 is 29.2. The number of hydrogen-bond donors (Lipinski definition) is 1. The lowest BCUT2D eigenvalue weighted by molar-refractivity contribution is 0.0697. The number of aryl methyl sites for hydroxylation is 1. The summed E-state index contributed by atoms with van der Waals surface area (Å²) in [6.45, 7) is 3.67. The summed E-state index contributed by atoms with van der Waals surface area (Å²) in [5.74, 6) is -0.235. The van der Waals surface area contributed by atoms with Gasteiger partial charge in [0.2, 0.25) is 5.88 Å². The highest BCUT2D eigenvalue weighted by Gasteiger charge is 2.21. The maximum Gasteiger partial charge on any atom is 0.335 e. The maximum absolute atomic E-state index is 15.5. The van der Waals surface area contributed by atoms with Crippen molar-refractivity contribution in [1.29, 1.82) is 0 Å². The van der Waals surface area contributed by atoms with Crippen LogP contribution < -0.4 is 4.74 Å². The highest BCUT2D eigenvalue weighted by molar-refractivity contribution is 5.92. The van der Waals surface area contributed by atoms with E-state index in [0.29, 0.717) is 59.3 Å². The Morgan fingerprint density at radius 2 is 1.93 bits per heavy atom. The smallest absolute Gasteiger partial charge is 0.335 e. The lowest BCUT2D eigenvalue weighted by atomic mass is 10.1. The molecule has 1 atom stereocenters. The second kappa shape index (κ2) is 11.5. The Bertz CT molecular complexity index is 1710. The molecule has 2 aromatic heterocycles. The van der Waals surface area contributed by atoms with Crippen LogP contribution in [-0.2, 0) is 24.3 Å². The Morgan fingerprint density at radius 1 is 1.07 bits per heavy atom. The number of carboxylic acids is 1. The van der Waals surface area contributed by atoms with Gasteiger partial charge in [0, 0.05) is 24.7 Å². The molecule has 1 aliphatic heterocycles. The van der Waals surface area contributed by atoms with Gasteiger partial charge in [-0.2, -0.15) is 0 Å². The van der Waals surface area contributed by atoms with E-state index in [0.717, 1.165) is 18.4 Å². The number of imidazole rings is 1. The molecule has 0 amide bonds. The van der Waals surface area contributed by atoms with Crippen molar-refractivity contribution in [1.82, 2.24) is 14.5 Å². The molecule has 0 aliphatic carbocycles. The molecule has 0 spiro atoms. The molecule has 0 saturated carbocycles. The van der Waals surface area contributed by atoms with Crippen LogP contribution in [0.25, 0.3) is 22.3 Å². The largest absolute Gasteiger partial charge is 0.478 e. The number of pyridine rings is 1. The van der Waals surface area contributed by atoms with Crippen molar-refractivity contribution in [3.8, 4) is 17.1 Å². The molecule has 6 rings (SSSR count). The van der Waals surface area contributed by atoms with Crippen LogP contribution in [0.5, 0.6) is 5.88 Å². The van der Waals surface area contributed by atoms with Gasteiger partial charge in [0.15, 0.2) is 0 Å². The summed E-state index contributed by atoms with van der Waals surface area (Å²) in [6, 6.07) is 23.5. The first-order valence-corrected chi connectivity index (χ1v) is 13.7. The van der Waals surface area contributed by atoms with Gasteiger partial charge in [-0.15, -0.1) is 0 Å². The number of halogens is 1. The third-order valence-corrected chi connectivity index (χ3v) is 7.41. The first-order valence-electron chi connectivity index (χ1n) is 13.7. The minimum atomic E-state index is -1.00. The number of nitrogens with zero attached hydrogens (tertiary/aromatic N) is 3. The Morgan fingerprint density at radius 3 is 2.68 bits per heavy atom. The Labute approximate surface area is 237 Å². The number of fused-ring (bicyclic) bond motifs is 1. The van der Waals surface area contributed by atoms with Crippen LogP contribution in [0.2, 0.25) is 0 Å². The van der Waals surface area contributed by atoms with Crippen molar-refractivity contribution in [2.24, 2.45) is 0 Å². The normalized spacial score (nSPS) is 14.9. The fraction of sp³-hybridized carbons (Fsp3) is 0.242. The lowest BCUT2D eigenvalue weighted by Gasteiger charge is -2.15. The fourth-order valence-corrected chi connectivity index (χ4v) is 5.15. The standard InChI is InChI=1S/C33H30FN3O4/c1-21-7-9-22(10-8-21)20-41-32-6-2-5-28(36-32)24-12-11-23(27(34)16-24)18-31-35-29-14-13-25(33(38)39)17-30(29)37(31)19-26-4-3-15-40-26/h2,5-14,16-17,26H,3-4,15,18-20H2,1H3,(H,38,39). The molecule has 1 aliphatic rings. The second-order valence-electron chi connectivity index (χ2n) is 10.4. The first-order chi connectivity index (χ1) is 19.9. The highest BCUT2D eigenvalue weighted by atomic mass is 19.1. The van der Waals surface area contributed by atoms with E-state index in [4.69, 9.17) is 14.5 Å². The van der Waals surface area contributed by atoms with Crippen LogP contribution in [0.3, 0.4) is 0 Å². The van der Waals surface area contributed by atoms with Crippen molar-refractivity contribution >= 4 is 17.0 Å². The van der Waals surface area contributed by atoms with E-state index < -0.39 is 5.97 Å². The van der Waals surface area contributed by atoms with E-state index in [1.54, 1.807) is 30.3 Å². The molecule has 0 radical (unpaired) electrons. The zero-order chi connectivity index (χ0) is 28.3. The zero-order valence-electron chi connectivity index (χ0n) is 22.7. The van der Waals surface area contributed by atoms with E-state index in [1.165, 1.54) is 11.6 Å². The van der Waals surface area contributed by atoms with E-state index >= 15 is 4.39 Å². The summed E-state index contributed by atoms with van der Waals surface area (Å²) in [7, 11) is 0. The Balaban J connectivity index is 1.24. The minimum absolute atomic E-state index is 0.0124. The van der Waals surface area contributed by atoms with Crippen molar-refractivity contribution in [2.75, 3.05) is 6.61 Å². The van der Waals surface area contributed by atoms with Crippen LogP contribution in [-0.4, -0.2) is 38.3 Å². The highest BCUT2D eigenvalue weighted by Crippen LogP contribution is 2.27. The molecule has 41 heavy (non-hydrogen) atoms. The quantitative estimate of drug-likeness (QED) is 0.222. The third kappa shape index (κ3) is 5.98. The molecule has 1 fully saturated rings. The Hall–Kier alpha value is -4.56. The molecule has 5 aromatic rings. The van der Waals surface area contributed by atoms with E-state index in [-0.39, 0.29) is 23.9 Å². The number of benzene rings is 3. The molecule has 7 nitrogen and oxygen atoms in total. The van der Waals surface area contributed by atoms with Crippen LogP contribution in [0.4, 0.5) is 4.39 Å². The molecular formula is C33H30FN3O4. The first kappa shape index (κ1) is 26.7. The van der Waals surface area contributed by atoms with Gasteiger partial charge in [0.1, 0.15) is 18.2 Å². The van der Waals surface area contributed by atoms with Gasteiger partial charge < -0.3 is 19.1 Å². The number of aromatic nitrogens is 3. The number of rotatable bonds is 9. The monoisotopic (exact) mass is 551 g/mol. The number of ether oxygens (including phenoxy) is 2. The molecule has 1 unspecified atom stereocenters. The van der Waals surface area contributed by atoms with Crippen LogP contribution >= 0.6 is 0 Å². The number of aromatic carboxylic acids is 1. The van der Waals surface area contributed by atoms with Crippen molar-refractivity contribution in [2.45, 2.75) is 45.4 Å². The van der Waals surface area contributed by atoms with Gasteiger partial charge in [-0.3, -0.25) is 0 Å². The van der Waals surface area contributed by atoms with Gasteiger partial charge in [-0.1, -0.05) is 48.0 Å². The summed E-state index contributed by atoms with van der Waals surface area (Å²) in [6.07, 6.45) is 2.17. The number of carboxylic acid groups (broad SMARTS) is 1. The van der Waals surface area contributed by atoms with Crippen molar-refractivity contribution < 1.29 is 23.8 Å². The van der Waals surface area contributed by atoms with Crippen LogP contribution in [0, 0.1) is 12.7 Å². The molecule has 1 N–H and O–H groups in total. The predicted octanol–water partition coefficient (Wildman–Crippen LogP) is 6.59. The van der Waals surface area contributed by atoms with Crippen molar-refractivity contribution in [3.63, 3.8) is 0 Å². The average Bonchev–Trinajstić information content (AvgIpc) is 3.62. The summed E-state index contributed by atoms with van der Waals surface area (Å²) >= 11 is 0. The molecule has 1 saturated heterocycles. The van der Waals surface area contributed by atoms with E-state index in [1.807, 2.05) is 54.0 Å². The summed E-state index contributed by atoms with van der Waals surface area (Å²) in [5.41, 5.74) is 5.55. The fourth-order valence-electron chi connectivity index (χ4n) is 5.15. The molecule has 8 heteroatoms. The van der Waals surface area contributed by atoms with Crippen LogP contribution in [0.1, 0.15) is 45.7 Å². The van der Waals surface area contributed by atoms with Crippen molar-refractivity contribution in [3.05, 3.63) is 113 Å². The van der Waals surface area contributed by atoms with Gasteiger partial charge in [-0.05, 0) is 61.2 Å².